The van der Waals surface area contributed by atoms with Gasteiger partial charge in [-0.05, 0) is 26.0 Å². The highest BCUT2D eigenvalue weighted by Crippen LogP contribution is 2.24. The minimum absolute atomic E-state index is 0.0975. The zero-order valence-electron chi connectivity index (χ0n) is 16.4. The highest BCUT2D eigenvalue weighted by atomic mass is 16.5. The summed E-state index contributed by atoms with van der Waals surface area (Å²) in [5.74, 6) is 0.629. The first-order valence-electron chi connectivity index (χ1n) is 9.23. The summed E-state index contributed by atoms with van der Waals surface area (Å²) >= 11 is 0. The number of hydrogen-bond donors (Lipinski definition) is 1. The Morgan fingerprint density at radius 1 is 1.31 bits per heavy atom. The summed E-state index contributed by atoms with van der Waals surface area (Å²) in [7, 11) is 1.85. The number of rotatable bonds is 6. The Balaban J connectivity index is 1.41. The van der Waals surface area contributed by atoms with Gasteiger partial charge in [-0.2, -0.15) is 5.10 Å². The van der Waals surface area contributed by atoms with Crippen molar-refractivity contribution in [3.05, 3.63) is 71.8 Å². The van der Waals surface area contributed by atoms with Crippen molar-refractivity contribution in [1.29, 1.82) is 0 Å². The summed E-state index contributed by atoms with van der Waals surface area (Å²) in [6.07, 6.45) is 4.94. The van der Waals surface area contributed by atoms with Crippen molar-refractivity contribution in [2.45, 2.75) is 26.5 Å². The summed E-state index contributed by atoms with van der Waals surface area (Å²) in [5.41, 5.74) is 2.79. The topological polar surface area (TPSA) is 95.1 Å². The third-order valence-corrected chi connectivity index (χ3v) is 4.60. The van der Waals surface area contributed by atoms with Crippen LogP contribution in [-0.2, 0) is 13.7 Å². The molecule has 29 heavy (non-hydrogen) atoms. The predicted octanol–water partition coefficient (Wildman–Crippen LogP) is 3.33. The van der Waals surface area contributed by atoms with E-state index >= 15 is 0 Å². The normalized spacial score (nSPS) is 12.1. The maximum atomic E-state index is 12.5. The lowest BCUT2D eigenvalue weighted by atomic mass is 10.1. The molecule has 0 unspecified atom stereocenters. The molecule has 0 aliphatic heterocycles. The molecule has 4 aromatic rings. The third-order valence-electron chi connectivity index (χ3n) is 4.60. The van der Waals surface area contributed by atoms with Crippen LogP contribution in [0.5, 0.6) is 5.75 Å². The Morgan fingerprint density at radius 2 is 2.14 bits per heavy atom. The van der Waals surface area contributed by atoms with Crippen molar-refractivity contribution in [3.8, 4) is 5.75 Å². The van der Waals surface area contributed by atoms with Gasteiger partial charge in [0.05, 0.1) is 11.7 Å². The van der Waals surface area contributed by atoms with Gasteiger partial charge >= 0.3 is 0 Å². The zero-order valence-corrected chi connectivity index (χ0v) is 16.4. The number of nitrogens with zero attached hydrogens (tertiary/aromatic N) is 4. The van der Waals surface area contributed by atoms with E-state index in [9.17, 15) is 4.79 Å². The quantitative estimate of drug-likeness (QED) is 0.542. The second-order valence-electron chi connectivity index (χ2n) is 6.79. The third kappa shape index (κ3) is 3.96. The summed E-state index contributed by atoms with van der Waals surface area (Å²) in [6.45, 7) is 3.91. The lowest BCUT2D eigenvalue weighted by Gasteiger charge is -2.11. The standard InChI is InChI=1S/C21H21N5O3/c1-13(16-10-26(3)25-14(16)2)23-21(27)17-11-29-19(24-17)12-28-18-8-4-6-15-7-5-9-22-20(15)18/h4-11,13H,12H2,1-3H3,(H,23,27)/t13-/m0/s1. The average molecular weight is 391 g/mol. The van der Waals surface area contributed by atoms with Crippen LogP contribution in [0.2, 0.25) is 0 Å². The van der Waals surface area contributed by atoms with Gasteiger partial charge in [-0.3, -0.25) is 14.5 Å². The van der Waals surface area contributed by atoms with E-state index in [1.807, 2.05) is 57.4 Å². The highest BCUT2D eigenvalue weighted by molar-refractivity contribution is 5.92. The fourth-order valence-corrected chi connectivity index (χ4v) is 3.21. The van der Waals surface area contributed by atoms with E-state index in [4.69, 9.17) is 9.15 Å². The number of amides is 1. The van der Waals surface area contributed by atoms with Crippen LogP contribution in [0.25, 0.3) is 10.9 Å². The SMILES string of the molecule is Cc1nn(C)cc1[C@H](C)NC(=O)c1coc(COc2cccc3cccnc23)n1. The number of fused-ring (bicyclic) bond motifs is 1. The van der Waals surface area contributed by atoms with Crippen LogP contribution in [0.1, 0.15) is 40.6 Å². The maximum Gasteiger partial charge on any atom is 0.273 e. The molecule has 148 valence electrons. The Bertz CT molecular complexity index is 1160. The maximum absolute atomic E-state index is 12.5. The molecule has 3 aromatic heterocycles. The van der Waals surface area contributed by atoms with Crippen LogP contribution in [0.4, 0.5) is 0 Å². The lowest BCUT2D eigenvalue weighted by Crippen LogP contribution is -2.27. The number of ether oxygens (including phenoxy) is 1. The van der Waals surface area contributed by atoms with Gasteiger partial charge in [0.2, 0.25) is 5.89 Å². The molecule has 0 saturated heterocycles. The number of para-hydroxylation sites is 1. The number of benzene rings is 1. The molecular formula is C21H21N5O3. The van der Waals surface area contributed by atoms with E-state index in [2.05, 4.69) is 20.4 Å². The van der Waals surface area contributed by atoms with Crippen LogP contribution < -0.4 is 10.1 Å². The number of carbonyl (C=O) groups is 1. The van der Waals surface area contributed by atoms with Gasteiger partial charge in [0, 0.05) is 30.4 Å². The summed E-state index contributed by atoms with van der Waals surface area (Å²) in [5, 5.41) is 8.20. The molecule has 1 atom stereocenters. The van der Waals surface area contributed by atoms with Crippen LogP contribution in [0.15, 0.2) is 53.4 Å². The molecular weight excluding hydrogens is 370 g/mol. The molecule has 0 radical (unpaired) electrons. The molecule has 8 nitrogen and oxygen atoms in total. The van der Waals surface area contributed by atoms with Crippen molar-refractivity contribution in [1.82, 2.24) is 25.1 Å². The largest absolute Gasteiger partial charge is 0.482 e. The minimum atomic E-state index is -0.317. The molecule has 8 heteroatoms. The van der Waals surface area contributed by atoms with Gasteiger partial charge in [0.25, 0.3) is 5.91 Å². The Labute approximate surface area is 167 Å². The number of oxazole rings is 1. The first-order chi connectivity index (χ1) is 14.0. The smallest absolute Gasteiger partial charge is 0.273 e. The van der Waals surface area contributed by atoms with Gasteiger partial charge in [-0.25, -0.2) is 4.98 Å². The van der Waals surface area contributed by atoms with Gasteiger partial charge in [0.1, 0.15) is 17.5 Å². The number of hydrogen-bond acceptors (Lipinski definition) is 6. The lowest BCUT2D eigenvalue weighted by molar-refractivity contribution is 0.0934. The number of pyridine rings is 1. The first-order valence-corrected chi connectivity index (χ1v) is 9.23. The molecule has 0 bridgehead atoms. The zero-order chi connectivity index (χ0) is 20.4. The van der Waals surface area contributed by atoms with Crippen molar-refractivity contribution in [2.24, 2.45) is 7.05 Å². The second kappa shape index (κ2) is 7.75. The Hall–Kier alpha value is -3.68. The van der Waals surface area contributed by atoms with Crippen LogP contribution >= 0.6 is 0 Å². The summed E-state index contributed by atoms with van der Waals surface area (Å²) < 4.78 is 12.9. The molecule has 0 aliphatic rings. The minimum Gasteiger partial charge on any atom is -0.482 e. The van der Waals surface area contributed by atoms with E-state index in [1.54, 1.807) is 10.9 Å². The van der Waals surface area contributed by atoms with Gasteiger partial charge in [-0.15, -0.1) is 0 Å². The molecule has 0 aliphatic carbocycles. The molecule has 4 rings (SSSR count). The van der Waals surface area contributed by atoms with Crippen LogP contribution in [-0.4, -0.2) is 25.7 Å². The summed E-state index contributed by atoms with van der Waals surface area (Å²) in [4.78, 5) is 21.1. The Kier molecular flexibility index (Phi) is 4.99. The molecule has 1 aromatic carbocycles. The van der Waals surface area contributed by atoms with Crippen LogP contribution in [0.3, 0.4) is 0 Å². The van der Waals surface area contributed by atoms with Gasteiger partial charge in [0.15, 0.2) is 12.3 Å². The van der Waals surface area contributed by atoms with E-state index in [-0.39, 0.29) is 24.2 Å². The average Bonchev–Trinajstić information content (AvgIpc) is 3.32. The monoisotopic (exact) mass is 391 g/mol. The number of aromatic nitrogens is 4. The number of carbonyl (C=O) groups excluding carboxylic acids is 1. The van der Waals surface area contributed by atoms with E-state index in [0.717, 1.165) is 22.2 Å². The predicted molar refractivity (Wildman–Crippen MR) is 106 cm³/mol. The Morgan fingerprint density at radius 3 is 2.93 bits per heavy atom. The molecule has 3 heterocycles. The summed E-state index contributed by atoms with van der Waals surface area (Å²) in [6, 6.07) is 9.34. The molecule has 0 spiro atoms. The molecule has 1 amide bonds. The van der Waals surface area contributed by atoms with Gasteiger partial charge < -0.3 is 14.5 Å². The van der Waals surface area contributed by atoms with Crippen molar-refractivity contribution >= 4 is 16.8 Å². The second-order valence-corrected chi connectivity index (χ2v) is 6.79. The number of aryl methyl sites for hydroxylation is 2. The fraction of sp³-hybridized carbons (Fsp3) is 0.238. The first kappa shape index (κ1) is 18.7. The van der Waals surface area contributed by atoms with E-state index in [1.165, 1.54) is 6.26 Å². The molecule has 1 N–H and O–H groups in total. The number of nitrogens with one attached hydrogen (secondary N) is 1. The van der Waals surface area contributed by atoms with E-state index in [0.29, 0.717) is 11.6 Å². The van der Waals surface area contributed by atoms with Crippen LogP contribution in [0, 0.1) is 6.92 Å². The molecule has 0 saturated carbocycles. The van der Waals surface area contributed by atoms with E-state index < -0.39 is 0 Å². The van der Waals surface area contributed by atoms with Crippen molar-refractivity contribution in [3.63, 3.8) is 0 Å². The highest BCUT2D eigenvalue weighted by Gasteiger charge is 2.18. The van der Waals surface area contributed by atoms with Gasteiger partial charge in [-0.1, -0.05) is 18.2 Å². The van der Waals surface area contributed by atoms with Crippen molar-refractivity contribution < 1.29 is 13.9 Å². The molecule has 0 fully saturated rings. The van der Waals surface area contributed by atoms with Crippen molar-refractivity contribution in [2.75, 3.05) is 0 Å². The fourth-order valence-electron chi connectivity index (χ4n) is 3.21.